The first-order valence-corrected chi connectivity index (χ1v) is 12.1. The zero-order valence-electron chi connectivity index (χ0n) is 18.7. The molecule has 1 aliphatic rings. The van der Waals surface area contributed by atoms with Gasteiger partial charge in [-0.1, -0.05) is 24.6 Å². The first kappa shape index (κ1) is 23.9. The molecule has 0 atom stereocenters. The van der Waals surface area contributed by atoms with Crippen molar-refractivity contribution in [3.8, 4) is 0 Å². The van der Waals surface area contributed by atoms with Crippen molar-refractivity contribution < 1.29 is 18.0 Å². The van der Waals surface area contributed by atoms with E-state index in [2.05, 4.69) is 10.2 Å². The maximum Gasteiger partial charge on any atom is 0.253 e. The highest BCUT2D eigenvalue weighted by Gasteiger charge is 2.25. The van der Waals surface area contributed by atoms with Crippen molar-refractivity contribution in [2.24, 2.45) is 0 Å². The van der Waals surface area contributed by atoms with Crippen LogP contribution < -0.4 is 5.32 Å². The Morgan fingerprint density at radius 3 is 2.12 bits per heavy atom. The molecule has 1 N–H and O–H groups in total. The number of sulfonamides is 1. The topological polar surface area (TPSA) is 90.0 Å². The summed E-state index contributed by atoms with van der Waals surface area (Å²) in [7, 11) is -1.74. The second kappa shape index (κ2) is 10.2. The Morgan fingerprint density at radius 1 is 0.969 bits per heavy atom. The van der Waals surface area contributed by atoms with Gasteiger partial charge in [0.05, 0.1) is 11.4 Å². The Hall–Kier alpha value is -2.75. The number of aryl methyl sites for hydroxylation is 1. The minimum absolute atomic E-state index is 0.0303. The van der Waals surface area contributed by atoms with Gasteiger partial charge in [0.1, 0.15) is 0 Å². The average Bonchev–Trinajstić information content (AvgIpc) is 2.78. The molecule has 0 unspecified atom stereocenters. The van der Waals surface area contributed by atoms with Crippen LogP contribution in [-0.2, 0) is 14.8 Å². The van der Waals surface area contributed by atoms with Gasteiger partial charge in [-0.2, -0.15) is 4.31 Å². The lowest BCUT2D eigenvalue weighted by molar-refractivity contribution is -0.116. The lowest BCUT2D eigenvalue weighted by atomic mass is 10.1. The second-order valence-corrected chi connectivity index (χ2v) is 9.90. The fraction of sp³-hybridized carbons (Fsp3) is 0.391. The molecule has 3 rings (SSSR count). The van der Waals surface area contributed by atoms with Crippen molar-refractivity contribution in [1.82, 2.24) is 14.1 Å². The average molecular weight is 459 g/mol. The Bertz CT molecular complexity index is 1040. The Morgan fingerprint density at radius 2 is 1.56 bits per heavy atom. The van der Waals surface area contributed by atoms with Crippen LogP contribution in [0.25, 0.3) is 0 Å². The Balaban J connectivity index is 1.61. The molecule has 2 amide bonds. The van der Waals surface area contributed by atoms with E-state index in [1.165, 1.54) is 0 Å². The van der Waals surface area contributed by atoms with Gasteiger partial charge in [0.25, 0.3) is 5.91 Å². The van der Waals surface area contributed by atoms with Crippen LogP contribution in [-0.4, -0.2) is 80.7 Å². The van der Waals surface area contributed by atoms with Crippen molar-refractivity contribution in [2.75, 3.05) is 51.6 Å². The first-order valence-electron chi connectivity index (χ1n) is 10.6. The van der Waals surface area contributed by atoms with E-state index in [4.69, 9.17) is 0 Å². The molecule has 32 heavy (non-hydrogen) atoms. The third kappa shape index (κ3) is 5.73. The van der Waals surface area contributed by atoms with Crippen LogP contribution in [0.2, 0.25) is 0 Å². The van der Waals surface area contributed by atoms with Crippen molar-refractivity contribution in [1.29, 1.82) is 0 Å². The van der Waals surface area contributed by atoms with Crippen molar-refractivity contribution in [3.63, 3.8) is 0 Å². The molecule has 0 aliphatic carbocycles. The number of likely N-dealkylation sites (N-methyl/N-ethyl adjacent to an activating group) is 2. The summed E-state index contributed by atoms with van der Waals surface area (Å²) in [5, 5.41) is 2.71. The standard InChI is InChI=1S/C23H30N4O4S/c1-4-27(32(30,31)21-11-5-18(2)6-12-21)17-22(28)24-20-9-7-19(8-10-20)23(29)26-15-13-25(3)14-16-26/h5-12H,4,13-17H2,1-3H3,(H,24,28). The molecule has 2 aromatic carbocycles. The summed E-state index contributed by atoms with van der Waals surface area (Å²) >= 11 is 0. The fourth-order valence-electron chi connectivity index (χ4n) is 3.47. The van der Waals surface area contributed by atoms with Gasteiger partial charge in [0, 0.05) is 44.0 Å². The van der Waals surface area contributed by atoms with Crippen LogP contribution in [0.3, 0.4) is 0 Å². The van der Waals surface area contributed by atoms with Gasteiger partial charge >= 0.3 is 0 Å². The summed E-state index contributed by atoms with van der Waals surface area (Å²) in [6.07, 6.45) is 0. The number of rotatable bonds is 7. The highest BCUT2D eigenvalue weighted by molar-refractivity contribution is 7.89. The molecule has 8 nitrogen and oxygen atoms in total. The van der Waals surface area contributed by atoms with Crippen LogP contribution >= 0.6 is 0 Å². The summed E-state index contributed by atoms with van der Waals surface area (Å²) in [5.41, 5.74) is 2.03. The molecule has 0 saturated carbocycles. The highest BCUT2D eigenvalue weighted by Crippen LogP contribution is 2.17. The van der Waals surface area contributed by atoms with E-state index in [1.807, 2.05) is 18.9 Å². The van der Waals surface area contributed by atoms with E-state index in [1.54, 1.807) is 55.5 Å². The van der Waals surface area contributed by atoms with E-state index in [0.717, 1.165) is 23.0 Å². The fourth-order valence-corrected chi connectivity index (χ4v) is 4.88. The Labute approximate surface area is 189 Å². The van der Waals surface area contributed by atoms with E-state index >= 15 is 0 Å². The van der Waals surface area contributed by atoms with Gasteiger partial charge < -0.3 is 15.1 Å². The maximum atomic E-state index is 12.9. The van der Waals surface area contributed by atoms with Crippen molar-refractivity contribution in [3.05, 3.63) is 59.7 Å². The zero-order chi connectivity index (χ0) is 23.3. The predicted octanol–water partition coefficient (Wildman–Crippen LogP) is 2.03. The van der Waals surface area contributed by atoms with Crippen LogP contribution in [0.15, 0.2) is 53.4 Å². The van der Waals surface area contributed by atoms with Crippen molar-refractivity contribution in [2.45, 2.75) is 18.7 Å². The summed E-state index contributed by atoms with van der Waals surface area (Å²) in [6.45, 7) is 6.52. The smallest absolute Gasteiger partial charge is 0.253 e. The normalized spacial score (nSPS) is 15.1. The molecule has 1 saturated heterocycles. The molecule has 0 aromatic heterocycles. The summed E-state index contributed by atoms with van der Waals surface area (Å²) in [5.74, 6) is -0.474. The van der Waals surface area contributed by atoms with E-state index < -0.39 is 15.9 Å². The maximum absolute atomic E-state index is 12.9. The number of nitrogens with one attached hydrogen (secondary N) is 1. The van der Waals surface area contributed by atoms with Crippen LogP contribution in [0.5, 0.6) is 0 Å². The number of amides is 2. The molecule has 0 spiro atoms. The summed E-state index contributed by atoms with van der Waals surface area (Å²) < 4.78 is 26.8. The highest BCUT2D eigenvalue weighted by atomic mass is 32.2. The third-order valence-corrected chi connectivity index (χ3v) is 7.47. The van der Waals surface area contributed by atoms with Crippen LogP contribution in [0.4, 0.5) is 5.69 Å². The Kier molecular flexibility index (Phi) is 7.65. The minimum atomic E-state index is -3.77. The molecule has 0 radical (unpaired) electrons. The molecule has 1 aliphatic heterocycles. The van der Waals surface area contributed by atoms with Gasteiger partial charge in [-0.05, 0) is 50.4 Å². The molecular weight excluding hydrogens is 428 g/mol. The number of anilines is 1. The van der Waals surface area contributed by atoms with Gasteiger partial charge in [0.2, 0.25) is 15.9 Å². The number of carbonyl (C=O) groups is 2. The number of carbonyl (C=O) groups excluding carboxylic acids is 2. The minimum Gasteiger partial charge on any atom is -0.336 e. The number of benzene rings is 2. The van der Waals surface area contributed by atoms with Crippen LogP contribution in [0.1, 0.15) is 22.8 Å². The third-order valence-electron chi connectivity index (χ3n) is 5.54. The monoisotopic (exact) mass is 458 g/mol. The van der Waals surface area contributed by atoms with E-state index in [9.17, 15) is 18.0 Å². The number of hydrogen-bond donors (Lipinski definition) is 1. The largest absolute Gasteiger partial charge is 0.336 e. The molecule has 172 valence electrons. The van der Waals surface area contributed by atoms with E-state index in [-0.39, 0.29) is 23.9 Å². The van der Waals surface area contributed by atoms with Gasteiger partial charge in [-0.15, -0.1) is 0 Å². The van der Waals surface area contributed by atoms with Gasteiger partial charge in [-0.3, -0.25) is 9.59 Å². The number of nitrogens with zero attached hydrogens (tertiary/aromatic N) is 3. The predicted molar refractivity (Wildman–Crippen MR) is 124 cm³/mol. The van der Waals surface area contributed by atoms with E-state index in [0.29, 0.717) is 24.3 Å². The molecule has 2 aromatic rings. The molecule has 1 heterocycles. The zero-order valence-corrected chi connectivity index (χ0v) is 19.6. The molecule has 1 fully saturated rings. The quantitative estimate of drug-likeness (QED) is 0.686. The van der Waals surface area contributed by atoms with Gasteiger partial charge in [0.15, 0.2) is 0 Å². The lowest BCUT2D eigenvalue weighted by Crippen LogP contribution is -2.47. The molecular formula is C23H30N4O4S. The molecule has 9 heteroatoms. The van der Waals surface area contributed by atoms with Crippen molar-refractivity contribution >= 4 is 27.5 Å². The first-order chi connectivity index (χ1) is 15.2. The summed E-state index contributed by atoms with van der Waals surface area (Å²) in [6, 6.07) is 13.2. The van der Waals surface area contributed by atoms with Gasteiger partial charge in [-0.25, -0.2) is 8.42 Å². The second-order valence-electron chi connectivity index (χ2n) is 7.97. The van der Waals surface area contributed by atoms with Crippen LogP contribution in [0, 0.1) is 6.92 Å². The lowest BCUT2D eigenvalue weighted by Gasteiger charge is -2.32. The summed E-state index contributed by atoms with van der Waals surface area (Å²) in [4.78, 5) is 29.3. The SMILES string of the molecule is CCN(CC(=O)Nc1ccc(C(=O)N2CCN(C)CC2)cc1)S(=O)(=O)c1ccc(C)cc1. The number of piperazine rings is 1. The molecule has 0 bridgehead atoms. The number of hydrogen-bond acceptors (Lipinski definition) is 5.